The number of nitrogens with zero attached hydrogens (tertiary/aromatic N) is 1. The predicted octanol–water partition coefficient (Wildman–Crippen LogP) is 6.09. The first-order valence-electron chi connectivity index (χ1n) is 7.64. The van der Waals surface area contributed by atoms with Crippen LogP contribution < -0.4 is 10.1 Å². The molecule has 4 nitrogen and oxygen atoms in total. The molecule has 0 saturated carbocycles. The summed E-state index contributed by atoms with van der Waals surface area (Å²) in [6, 6.07) is 11.9. The Morgan fingerprint density at radius 3 is 2.54 bits per heavy atom. The molecule has 2 aromatic carbocycles. The Balaban J connectivity index is 2.21. The van der Waals surface area contributed by atoms with Crippen molar-refractivity contribution in [3.05, 3.63) is 62.1 Å². The number of benzene rings is 2. The molecule has 0 saturated heterocycles. The second kappa shape index (κ2) is 9.09. The number of nitrogens with one attached hydrogen (secondary N) is 1. The van der Waals surface area contributed by atoms with Crippen LogP contribution in [0.2, 0.25) is 10.0 Å². The van der Waals surface area contributed by atoms with Gasteiger partial charge < -0.3 is 10.1 Å². The molecule has 0 spiro atoms. The molecule has 0 radical (unpaired) electrons. The van der Waals surface area contributed by atoms with Gasteiger partial charge in [0.2, 0.25) is 0 Å². The first-order valence-corrected chi connectivity index (χ1v) is 9.19. The number of anilines is 1. The zero-order valence-corrected chi connectivity index (χ0v) is 17.1. The van der Waals surface area contributed by atoms with Gasteiger partial charge in [0.15, 0.2) is 0 Å². The van der Waals surface area contributed by atoms with Crippen molar-refractivity contribution >= 4 is 56.8 Å². The molecular weight excluding hydrogens is 439 g/mol. The normalized spacial score (nSPS) is 11.2. The topological polar surface area (TPSA) is 62.1 Å². The average molecular weight is 454 g/mol. The fourth-order valence-electron chi connectivity index (χ4n) is 2.04. The van der Waals surface area contributed by atoms with Crippen LogP contribution in [0.5, 0.6) is 5.75 Å². The molecule has 134 valence electrons. The Morgan fingerprint density at radius 2 is 1.96 bits per heavy atom. The van der Waals surface area contributed by atoms with Crippen LogP contribution in [0, 0.1) is 11.3 Å². The number of hydrogen-bond acceptors (Lipinski definition) is 3. The van der Waals surface area contributed by atoms with Crippen molar-refractivity contribution in [1.29, 1.82) is 5.26 Å². The molecule has 0 atom stereocenters. The van der Waals surface area contributed by atoms with E-state index in [4.69, 9.17) is 27.9 Å². The minimum Gasteiger partial charge on any atom is -0.490 e. The first-order chi connectivity index (χ1) is 12.3. The number of carbonyl (C=O) groups is 1. The van der Waals surface area contributed by atoms with Crippen LogP contribution in [0.25, 0.3) is 6.08 Å². The summed E-state index contributed by atoms with van der Waals surface area (Å²) in [5.41, 5.74) is 1.10. The summed E-state index contributed by atoms with van der Waals surface area (Å²) in [5.74, 6) is 0.153. The van der Waals surface area contributed by atoms with Crippen molar-refractivity contribution in [2.45, 2.75) is 20.0 Å². The van der Waals surface area contributed by atoms with Crippen molar-refractivity contribution < 1.29 is 9.53 Å². The SMILES string of the molecule is CC(C)Oc1ccc(/C=C(\C#N)C(=O)Nc2ccc(Cl)c(Cl)c2)cc1Br. The van der Waals surface area contributed by atoms with Gasteiger partial charge in [0, 0.05) is 5.69 Å². The van der Waals surface area contributed by atoms with E-state index in [1.165, 1.54) is 12.1 Å². The van der Waals surface area contributed by atoms with E-state index in [9.17, 15) is 10.1 Å². The lowest BCUT2D eigenvalue weighted by molar-refractivity contribution is -0.112. The van der Waals surface area contributed by atoms with E-state index in [0.29, 0.717) is 27.0 Å². The van der Waals surface area contributed by atoms with Crippen LogP contribution >= 0.6 is 39.1 Å². The highest BCUT2D eigenvalue weighted by atomic mass is 79.9. The molecule has 0 fully saturated rings. The maximum absolute atomic E-state index is 12.3. The Kier molecular flexibility index (Phi) is 7.10. The van der Waals surface area contributed by atoms with E-state index >= 15 is 0 Å². The number of rotatable bonds is 5. The molecule has 2 rings (SSSR count). The van der Waals surface area contributed by atoms with Crippen LogP contribution in [0.1, 0.15) is 19.4 Å². The van der Waals surface area contributed by atoms with Gasteiger partial charge in [0.05, 0.1) is 20.6 Å². The summed E-state index contributed by atoms with van der Waals surface area (Å²) >= 11 is 15.2. The summed E-state index contributed by atoms with van der Waals surface area (Å²) in [6.07, 6.45) is 1.54. The Labute approximate surface area is 170 Å². The molecule has 26 heavy (non-hydrogen) atoms. The lowest BCUT2D eigenvalue weighted by Gasteiger charge is -2.11. The van der Waals surface area contributed by atoms with E-state index in [1.807, 2.05) is 19.9 Å². The highest BCUT2D eigenvalue weighted by Gasteiger charge is 2.11. The van der Waals surface area contributed by atoms with Crippen molar-refractivity contribution in [2.24, 2.45) is 0 Å². The van der Waals surface area contributed by atoms with Crippen molar-refractivity contribution in [3.8, 4) is 11.8 Å². The average Bonchev–Trinajstić information content (AvgIpc) is 2.58. The van der Waals surface area contributed by atoms with Crippen molar-refractivity contribution in [2.75, 3.05) is 5.32 Å². The van der Waals surface area contributed by atoms with E-state index in [1.54, 1.807) is 30.3 Å². The van der Waals surface area contributed by atoms with E-state index in [2.05, 4.69) is 21.2 Å². The molecule has 0 aromatic heterocycles. The maximum Gasteiger partial charge on any atom is 0.266 e. The first kappa shape index (κ1) is 20.3. The Hall–Kier alpha value is -2.00. The van der Waals surface area contributed by atoms with Gasteiger partial charge in [-0.25, -0.2) is 0 Å². The molecule has 7 heteroatoms. The van der Waals surface area contributed by atoms with E-state index < -0.39 is 5.91 Å². The number of carbonyl (C=O) groups excluding carboxylic acids is 1. The monoisotopic (exact) mass is 452 g/mol. The molecule has 0 aliphatic carbocycles. The van der Waals surface area contributed by atoms with Crippen molar-refractivity contribution in [3.63, 3.8) is 0 Å². The molecule has 1 N–H and O–H groups in total. The third kappa shape index (κ3) is 5.50. The zero-order valence-electron chi connectivity index (χ0n) is 14.0. The molecule has 0 unspecified atom stereocenters. The highest BCUT2D eigenvalue weighted by molar-refractivity contribution is 9.10. The van der Waals surface area contributed by atoms with Crippen LogP contribution in [0.4, 0.5) is 5.69 Å². The number of hydrogen-bond donors (Lipinski definition) is 1. The molecule has 0 aliphatic heterocycles. The minimum atomic E-state index is -0.537. The smallest absolute Gasteiger partial charge is 0.266 e. The summed E-state index contributed by atoms with van der Waals surface area (Å²) in [4.78, 5) is 12.3. The third-order valence-corrected chi connectivity index (χ3v) is 4.53. The largest absolute Gasteiger partial charge is 0.490 e. The summed E-state index contributed by atoms with van der Waals surface area (Å²) in [6.45, 7) is 3.86. The Bertz CT molecular complexity index is 905. The van der Waals surface area contributed by atoms with Gasteiger partial charge in [-0.15, -0.1) is 0 Å². The van der Waals surface area contributed by atoms with Gasteiger partial charge in [-0.3, -0.25) is 4.79 Å². The Morgan fingerprint density at radius 1 is 1.23 bits per heavy atom. The lowest BCUT2D eigenvalue weighted by Crippen LogP contribution is -2.13. The third-order valence-electron chi connectivity index (χ3n) is 3.17. The standard InChI is InChI=1S/C19H15BrCl2N2O2/c1-11(2)26-18-6-3-12(8-15(18)20)7-13(10-23)19(25)24-14-4-5-16(21)17(22)9-14/h3-9,11H,1-2H3,(H,24,25)/b13-7+. The highest BCUT2D eigenvalue weighted by Crippen LogP contribution is 2.28. The van der Waals surface area contributed by atoms with Crippen LogP contribution in [-0.2, 0) is 4.79 Å². The van der Waals surface area contributed by atoms with E-state index in [-0.39, 0.29) is 11.7 Å². The fourth-order valence-corrected chi connectivity index (χ4v) is 2.83. The zero-order chi connectivity index (χ0) is 19.3. The maximum atomic E-state index is 12.3. The van der Waals surface area contributed by atoms with Gasteiger partial charge in [-0.2, -0.15) is 5.26 Å². The molecule has 2 aromatic rings. The number of ether oxygens (including phenoxy) is 1. The predicted molar refractivity (Wildman–Crippen MR) is 109 cm³/mol. The second-order valence-corrected chi connectivity index (χ2v) is 7.28. The fraction of sp³-hybridized carbons (Fsp3) is 0.158. The molecule has 0 aliphatic rings. The minimum absolute atomic E-state index is 0.0411. The number of halogens is 3. The van der Waals surface area contributed by atoms with Gasteiger partial charge in [0.1, 0.15) is 17.4 Å². The molecule has 1 amide bonds. The van der Waals surface area contributed by atoms with Crippen LogP contribution in [0.15, 0.2) is 46.4 Å². The lowest BCUT2D eigenvalue weighted by atomic mass is 10.1. The van der Waals surface area contributed by atoms with E-state index in [0.717, 1.165) is 4.47 Å². The van der Waals surface area contributed by atoms with Crippen LogP contribution in [-0.4, -0.2) is 12.0 Å². The van der Waals surface area contributed by atoms with Gasteiger partial charge in [0.25, 0.3) is 5.91 Å². The van der Waals surface area contributed by atoms with Gasteiger partial charge in [-0.1, -0.05) is 29.3 Å². The second-order valence-electron chi connectivity index (χ2n) is 5.61. The number of nitriles is 1. The summed E-state index contributed by atoms with van der Waals surface area (Å²) in [5, 5.41) is 12.6. The van der Waals surface area contributed by atoms with Gasteiger partial charge in [-0.05, 0) is 71.7 Å². The quantitative estimate of drug-likeness (QED) is 0.440. The van der Waals surface area contributed by atoms with Gasteiger partial charge >= 0.3 is 0 Å². The summed E-state index contributed by atoms with van der Waals surface area (Å²) in [7, 11) is 0. The molecular formula is C19H15BrCl2N2O2. The molecule has 0 heterocycles. The summed E-state index contributed by atoms with van der Waals surface area (Å²) < 4.78 is 6.38. The van der Waals surface area contributed by atoms with Crippen molar-refractivity contribution in [1.82, 2.24) is 0 Å². The van der Waals surface area contributed by atoms with Crippen LogP contribution in [0.3, 0.4) is 0 Å². The number of amides is 1. The molecule has 0 bridgehead atoms.